The van der Waals surface area contributed by atoms with Gasteiger partial charge in [-0.1, -0.05) is 86.8 Å². The minimum absolute atomic E-state index is 0.115. The van der Waals surface area contributed by atoms with Crippen molar-refractivity contribution in [2.24, 2.45) is 11.8 Å². The van der Waals surface area contributed by atoms with Crippen molar-refractivity contribution < 1.29 is 19.1 Å². The van der Waals surface area contributed by atoms with Crippen molar-refractivity contribution in [3.8, 4) is 0 Å². The highest BCUT2D eigenvalue weighted by molar-refractivity contribution is 9.10. The summed E-state index contributed by atoms with van der Waals surface area (Å²) in [6, 6.07) is 15.9. The summed E-state index contributed by atoms with van der Waals surface area (Å²) in [5.74, 6) is -2.46. The Kier molecular flexibility index (Phi) is 4.90. The third-order valence-corrected chi connectivity index (χ3v) is 10.5. The molecule has 2 aromatic rings. The van der Waals surface area contributed by atoms with Gasteiger partial charge in [0.1, 0.15) is 12.6 Å². The molecule has 2 unspecified atom stereocenters. The van der Waals surface area contributed by atoms with Gasteiger partial charge in [-0.2, -0.15) is 0 Å². The Bertz CT molecular complexity index is 1070. The van der Waals surface area contributed by atoms with Gasteiger partial charge in [0.25, 0.3) is 0 Å². The van der Waals surface area contributed by atoms with Crippen molar-refractivity contribution >= 4 is 49.6 Å². The van der Waals surface area contributed by atoms with Crippen LogP contribution >= 0.6 is 31.9 Å². The summed E-state index contributed by atoms with van der Waals surface area (Å²) >= 11 is 7.93. The number of carbonyl (C=O) groups is 3. The van der Waals surface area contributed by atoms with E-state index < -0.39 is 26.5 Å². The number of imide groups is 1. The van der Waals surface area contributed by atoms with E-state index >= 15 is 0 Å². The fourth-order valence-electron chi connectivity index (χ4n) is 6.42. The molecule has 7 rings (SSSR count). The molecule has 4 aliphatic carbocycles. The first-order valence-corrected chi connectivity index (χ1v) is 13.1. The zero-order valence-corrected chi connectivity index (χ0v) is 21.1. The van der Waals surface area contributed by atoms with Gasteiger partial charge in [-0.3, -0.25) is 19.3 Å². The maximum atomic E-state index is 13.8. The average Bonchev–Trinajstić information content (AvgIpc) is 3.09. The Hall–Kier alpha value is -1.99. The fourth-order valence-corrected chi connectivity index (χ4v) is 8.72. The highest BCUT2D eigenvalue weighted by Gasteiger charge is 2.72. The number of esters is 1. The molecule has 1 aliphatic heterocycles. The second-order valence-corrected chi connectivity index (χ2v) is 12.0. The first-order chi connectivity index (χ1) is 15.9. The number of hydrogen-bond acceptors (Lipinski definition) is 4. The molecule has 2 amide bonds. The Morgan fingerprint density at radius 3 is 1.67 bits per heavy atom. The van der Waals surface area contributed by atoms with Crippen LogP contribution in [0.3, 0.4) is 0 Å². The third kappa shape index (κ3) is 2.78. The van der Waals surface area contributed by atoms with E-state index in [2.05, 4.69) is 31.9 Å². The van der Waals surface area contributed by atoms with Gasteiger partial charge in [0.05, 0.1) is 20.5 Å². The summed E-state index contributed by atoms with van der Waals surface area (Å²) < 4.78 is 3.96. The first kappa shape index (κ1) is 21.5. The largest absolute Gasteiger partial charge is 0.461 e. The first-order valence-electron chi connectivity index (χ1n) is 11.5. The predicted octanol–water partition coefficient (Wildman–Crippen LogP) is 4.77. The molecule has 2 atom stereocenters. The van der Waals surface area contributed by atoms with Gasteiger partial charge in [0.15, 0.2) is 0 Å². The number of benzene rings is 2. The maximum absolute atomic E-state index is 13.8. The molecule has 33 heavy (non-hydrogen) atoms. The lowest BCUT2D eigenvalue weighted by Crippen LogP contribution is -2.56. The highest BCUT2D eigenvalue weighted by Crippen LogP contribution is 2.70. The number of nitrogens with zero attached hydrogens (tertiary/aromatic N) is 1. The minimum atomic E-state index is -0.838. The smallest absolute Gasteiger partial charge is 0.326 e. The number of rotatable bonds is 3. The second kappa shape index (κ2) is 7.51. The van der Waals surface area contributed by atoms with Gasteiger partial charge in [-0.25, -0.2) is 0 Å². The summed E-state index contributed by atoms with van der Waals surface area (Å²) in [6.45, 7) is -0.333. The standard InChI is InChI=1S/C26H23Br2NO4/c27-25-16-10-4-5-11-17(16)26(28,19-13-7-6-12-18(19)25)22-21(25)23(31)29(24(22)32)14-20(30)33-15-8-2-1-3-9-15/h4-7,10-13,15,21-22H,1-3,8-9,14H2. The van der Waals surface area contributed by atoms with Crippen LogP contribution in [0.15, 0.2) is 48.5 Å². The van der Waals surface area contributed by atoms with E-state index in [9.17, 15) is 14.4 Å². The van der Waals surface area contributed by atoms with Gasteiger partial charge in [-0.05, 0) is 47.9 Å². The number of halogens is 2. The lowest BCUT2D eigenvalue weighted by atomic mass is 9.54. The Labute approximate surface area is 209 Å². The molecule has 0 radical (unpaired) electrons. The SMILES string of the molecule is O=C(CN1C(=O)C2C(C1=O)C1(Br)c3ccccc3C2(Br)c2ccccc21)OC1CCCCC1. The van der Waals surface area contributed by atoms with Gasteiger partial charge < -0.3 is 4.74 Å². The van der Waals surface area contributed by atoms with Gasteiger partial charge in [0, 0.05) is 0 Å². The highest BCUT2D eigenvalue weighted by atomic mass is 79.9. The van der Waals surface area contributed by atoms with Crippen LogP contribution in [0.2, 0.25) is 0 Å². The molecule has 2 bridgehead atoms. The second-order valence-electron chi connectivity index (χ2n) is 9.48. The number of likely N-dealkylation sites (tertiary alicyclic amines) is 1. The van der Waals surface area contributed by atoms with E-state index in [1.807, 2.05) is 48.5 Å². The van der Waals surface area contributed by atoms with Crippen LogP contribution in [0.5, 0.6) is 0 Å². The van der Waals surface area contributed by atoms with Crippen molar-refractivity contribution in [3.63, 3.8) is 0 Å². The Morgan fingerprint density at radius 1 is 0.818 bits per heavy atom. The van der Waals surface area contributed by atoms with Crippen LogP contribution < -0.4 is 0 Å². The molecule has 1 heterocycles. The Balaban J connectivity index is 1.41. The van der Waals surface area contributed by atoms with Gasteiger partial charge in [0.2, 0.25) is 11.8 Å². The van der Waals surface area contributed by atoms with Crippen LogP contribution in [0.25, 0.3) is 0 Å². The zero-order valence-electron chi connectivity index (χ0n) is 17.9. The molecule has 7 heteroatoms. The van der Waals surface area contributed by atoms with Crippen molar-refractivity contribution in [2.75, 3.05) is 6.54 Å². The zero-order chi connectivity index (χ0) is 23.0. The monoisotopic (exact) mass is 571 g/mol. The third-order valence-electron chi connectivity index (χ3n) is 7.81. The van der Waals surface area contributed by atoms with Crippen molar-refractivity contribution in [1.29, 1.82) is 0 Å². The molecule has 1 saturated heterocycles. The molecule has 2 aromatic carbocycles. The average molecular weight is 573 g/mol. The molecule has 5 nitrogen and oxygen atoms in total. The molecular formula is C26H23Br2NO4. The normalized spacial score (nSPS) is 32.4. The lowest BCUT2D eigenvalue weighted by molar-refractivity contribution is -0.157. The van der Waals surface area contributed by atoms with Crippen LogP contribution in [0.4, 0.5) is 0 Å². The number of hydrogen-bond donors (Lipinski definition) is 0. The van der Waals surface area contributed by atoms with Crippen LogP contribution in [0, 0.1) is 11.8 Å². The van der Waals surface area contributed by atoms with Crippen molar-refractivity contribution in [3.05, 3.63) is 70.8 Å². The van der Waals surface area contributed by atoms with Gasteiger partial charge in [-0.15, -0.1) is 0 Å². The quantitative estimate of drug-likeness (QED) is 0.302. The van der Waals surface area contributed by atoms with Crippen molar-refractivity contribution in [1.82, 2.24) is 4.90 Å². The van der Waals surface area contributed by atoms with Crippen LogP contribution in [0.1, 0.15) is 54.4 Å². The van der Waals surface area contributed by atoms with Crippen LogP contribution in [-0.2, 0) is 27.8 Å². The molecule has 170 valence electrons. The summed E-state index contributed by atoms with van der Waals surface area (Å²) in [5, 5.41) is 0. The molecular weight excluding hydrogens is 550 g/mol. The van der Waals surface area contributed by atoms with Gasteiger partial charge >= 0.3 is 5.97 Å². The van der Waals surface area contributed by atoms with E-state index in [1.54, 1.807) is 0 Å². The lowest BCUT2D eigenvalue weighted by Gasteiger charge is -2.55. The number of carbonyl (C=O) groups excluding carboxylic acids is 3. The molecule has 0 aromatic heterocycles. The number of alkyl halides is 2. The van der Waals surface area contributed by atoms with E-state index in [0.717, 1.165) is 59.3 Å². The number of amides is 2. The Morgan fingerprint density at radius 2 is 1.24 bits per heavy atom. The minimum Gasteiger partial charge on any atom is -0.461 e. The van der Waals surface area contributed by atoms with Crippen molar-refractivity contribution in [2.45, 2.75) is 46.9 Å². The summed E-state index contributed by atoms with van der Waals surface area (Å²) in [7, 11) is 0. The van der Waals surface area contributed by atoms with E-state index in [-0.39, 0.29) is 24.5 Å². The van der Waals surface area contributed by atoms with E-state index in [1.165, 1.54) is 0 Å². The topological polar surface area (TPSA) is 63.7 Å². The molecule has 2 fully saturated rings. The fraction of sp³-hybridized carbons (Fsp3) is 0.423. The molecule has 0 spiro atoms. The summed E-state index contributed by atoms with van der Waals surface area (Å²) in [6.07, 6.45) is 4.81. The number of ether oxygens (including phenoxy) is 1. The summed E-state index contributed by atoms with van der Waals surface area (Å²) in [5.41, 5.74) is 3.92. The van der Waals surface area contributed by atoms with E-state index in [0.29, 0.717) is 0 Å². The summed E-state index contributed by atoms with van der Waals surface area (Å²) in [4.78, 5) is 41.4. The molecule has 5 aliphatic rings. The molecule has 0 N–H and O–H groups in total. The predicted molar refractivity (Wildman–Crippen MR) is 129 cm³/mol. The maximum Gasteiger partial charge on any atom is 0.326 e. The van der Waals surface area contributed by atoms with Crippen LogP contribution in [-0.4, -0.2) is 35.3 Å². The van der Waals surface area contributed by atoms with E-state index in [4.69, 9.17) is 4.74 Å². The molecule has 1 saturated carbocycles.